The normalized spacial score (nSPS) is 51.9. The van der Waals surface area contributed by atoms with Gasteiger partial charge in [-0.3, -0.25) is 4.79 Å². The van der Waals surface area contributed by atoms with Gasteiger partial charge in [-0.2, -0.15) is 0 Å². The molecule has 4 aliphatic rings. The maximum absolute atomic E-state index is 11.7. The Morgan fingerprint density at radius 3 is 2.33 bits per heavy atom. The lowest BCUT2D eigenvalue weighted by Crippen LogP contribution is -2.56. The maximum atomic E-state index is 11.7. The van der Waals surface area contributed by atoms with Crippen LogP contribution in [0, 0.1) is 23.7 Å². The summed E-state index contributed by atoms with van der Waals surface area (Å²) >= 11 is 0. The monoisotopic (exact) mass is 210 g/mol. The van der Waals surface area contributed by atoms with Crippen LogP contribution >= 0.6 is 0 Å². The van der Waals surface area contributed by atoms with Crippen molar-refractivity contribution in [3.05, 3.63) is 0 Å². The standard InChI is InChI=1S/C12H18O3/c1-15-11(13)10-8-2-7-3-9(10)6-12(14,4-7)5-8/h7-10,14H,2-6H2,1H3/t7?,8-,9+,10?,12?. The van der Waals surface area contributed by atoms with Gasteiger partial charge in [0.1, 0.15) is 0 Å². The van der Waals surface area contributed by atoms with Crippen molar-refractivity contribution in [2.45, 2.75) is 37.7 Å². The first-order chi connectivity index (χ1) is 7.11. The molecule has 4 saturated carbocycles. The minimum Gasteiger partial charge on any atom is -0.469 e. The molecule has 3 heteroatoms. The number of esters is 1. The molecule has 3 nitrogen and oxygen atoms in total. The molecule has 15 heavy (non-hydrogen) atoms. The van der Waals surface area contributed by atoms with Crippen molar-refractivity contribution in [3.8, 4) is 0 Å². The van der Waals surface area contributed by atoms with Crippen molar-refractivity contribution in [2.24, 2.45) is 23.7 Å². The van der Waals surface area contributed by atoms with Crippen LogP contribution < -0.4 is 0 Å². The molecule has 0 amide bonds. The van der Waals surface area contributed by atoms with Gasteiger partial charge in [-0.15, -0.1) is 0 Å². The van der Waals surface area contributed by atoms with Crippen LogP contribution in [0.1, 0.15) is 32.1 Å². The van der Waals surface area contributed by atoms with Crippen molar-refractivity contribution >= 4 is 5.97 Å². The summed E-state index contributed by atoms with van der Waals surface area (Å²) in [4.78, 5) is 11.7. The van der Waals surface area contributed by atoms with Crippen LogP contribution in [0.15, 0.2) is 0 Å². The SMILES string of the molecule is COC(=O)C1[C@@H]2CC3C[C@H]1CC(O)(C3)C2. The lowest BCUT2D eigenvalue weighted by molar-refractivity contribution is -0.179. The number of hydrogen-bond acceptors (Lipinski definition) is 3. The molecular weight excluding hydrogens is 192 g/mol. The quantitative estimate of drug-likeness (QED) is 0.664. The second-order valence-corrected chi connectivity index (χ2v) is 5.74. The van der Waals surface area contributed by atoms with E-state index >= 15 is 0 Å². The Morgan fingerprint density at radius 1 is 1.27 bits per heavy atom. The topological polar surface area (TPSA) is 46.5 Å². The lowest BCUT2D eigenvalue weighted by atomic mass is 9.50. The van der Waals surface area contributed by atoms with Crippen LogP contribution in [0.2, 0.25) is 0 Å². The summed E-state index contributed by atoms with van der Waals surface area (Å²) < 4.78 is 4.89. The summed E-state index contributed by atoms with van der Waals surface area (Å²) in [6.45, 7) is 0. The second kappa shape index (κ2) is 2.97. The highest BCUT2D eigenvalue weighted by Gasteiger charge is 2.56. The molecule has 4 aliphatic carbocycles. The average molecular weight is 210 g/mol. The van der Waals surface area contributed by atoms with E-state index in [4.69, 9.17) is 4.74 Å². The number of rotatable bonds is 1. The van der Waals surface area contributed by atoms with E-state index in [2.05, 4.69) is 0 Å². The van der Waals surface area contributed by atoms with Crippen LogP contribution in [0.25, 0.3) is 0 Å². The van der Waals surface area contributed by atoms with Crippen LogP contribution in [0.5, 0.6) is 0 Å². The predicted octanol–water partition coefficient (Wildman–Crippen LogP) is 1.35. The molecule has 3 unspecified atom stereocenters. The van der Waals surface area contributed by atoms with Gasteiger partial charge in [0, 0.05) is 0 Å². The fourth-order valence-electron chi connectivity index (χ4n) is 4.50. The third kappa shape index (κ3) is 1.32. The summed E-state index contributed by atoms with van der Waals surface area (Å²) in [6, 6.07) is 0. The molecule has 0 aromatic rings. The summed E-state index contributed by atoms with van der Waals surface area (Å²) in [7, 11) is 1.47. The van der Waals surface area contributed by atoms with Gasteiger partial charge in [-0.05, 0) is 49.9 Å². The summed E-state index contributed by atoms with van der Waals surface area (Å²) in [5.74, 6) is 1.45. The Morgan fingerprint density at radius 2 is 1.87 bits per heavy atom. The number of carbonyl (C=O) groups is 1. The van der Waals surface area contributed by atoms with Gasteiger partial charge in [0.15, 0.2) is 0 Å². The zero-order valence-electron chi connectivity index (χ0n) is 9.11. The van der Waals surface area contributed by atoms with Crippen molar-refractivity contribution < 1.29 is 14.6 Å². The fourth-order valence-corrected chi connectivity index (χ4v) is 4.50. The first kappa shape index (κ1) is 9.64. The largest absolute Gasteiger partial charge is 0.469 e. The molecular formula is C12H18O3. The molecule has 1 N–H and O–H groups in total. The molecule has 84 valence electrons. The zero-order valence-corrected chi connectivity index (χ0v) is 9.11. The number of ether oxygens (including phenoxy) is 1. The zero-order chi connectivity index (χ0) is 10.6. The lowest BCUT2D eigenvalue weighted by Gasteiger charge is -2.57. The van der Waals surface area contributed by atoms with Crippen LogP contribution in [-0.4, -0.2) is 23.8 Å². The van der Waals surface area contributed by atoms with Crippen molar-refractivity contribution in [2.75, 3.05) is 7.11 Å². The number of methoxy groups -OCH3 is 1. The molecule has 0 heterocycles. The summed E-state index contributed by atoms with van der Waals surface area (Å²) in [5.41, 5.74) is -0.443. The Labute approximate surface area is 89.8 Å². The molecule has 4 rings (SSSR count). The smallest absolute Gasteiger partial charge is 0.309 e. The van der Waals surface area contributed by atoms with Gasteiger partial charge in [0.05, 0.1) is 18.6 Å². The van der Waals surface area contributed by atoms with E-state index in [0.717, 1.165) is 32.1 Å². The van der Waals surface area contributed by atoms with Crippen molar-refractivity contribution in [1.82, 2.24) is 0 Å². The highest BCUT2D eigenvalue weighted by molar-refractivity contribution is 5.73. The van der Waals surface area contributed by atoms with E-state index in [9.17, 15) is 9.90 Å². The van der Waals surface area contributed by atoms with Gasteiger partial charge < -0.3 is 9.84 Å². The molecule has 0 aromatic carbocycles. The third-order valence-electron chi connectivity index (χ3n) is 4.71. The fraction of sp³-hybridized carbons (Fsp3) is 0.917. The molecule has 0 saturated heterocycles. The number of aliphatic hydroxyl groups is 1. The van der Waals surface area contributed by atoms with Gasteiger partial charge in [0.25, 0.3) is 0 Å². The van der Waals surface area contributed by atoms with Crippen molar-refractivity contribution in [1.29, 1.82) is 0 Å². The minimum absolute atomic E-state index is 0.0487. The maximum Gasteiger partial charge on any atom is 0.309 e. The first-order valence-electron chi connectivity index (χ1n) is 5.91. The van der Waals surface area contributed by atoms with E-state index in [-0.39, 0.29) is 11.9 Å². The summed E-state index contributed by atoms with van der Waals surface area (Å²) in [5, 5.41) is 10.3. The van der Waals surface area contributed by atoms with Gasteiger partial charge in [0.2, 0.25) is 0 Å². The molecule has 0 spiro atoms. The molecule has 0 aliphatic heterocycles. The Hall–Kier alpha value is -0.570. The highest BCUT2D eigenvalue weighted by atomic mass is 16.5. The van der Waals surface area contributed by atoms with Gasteiger partial charge in [-0.1, -0.05) is 0 Å². The predicted molar refractivity (Wildman–Crippen MR) is 54.0 cm³/mol. The van der Waals surface area contributed by atoms with Crippen LogP contribution in [0.4, 0.5) is 0 Å². The summed E-state index contributed by atoms with van der Waals surface area (Å²) in [6.07, 6.45) is 4.85. The van der Waals surface area contributed by atoms with Gasteiger partial charge >= 0.3 is 5.97 Å². The Kier molecular flexibility index (Phi) is 1.91. The minimum atomic E-state index is -0.443. The molecule has 0 aromatic heterocycles. The first-order valence-corrected chi connectivity index (χ1v) is 5.91. The third-order valence-corrected chi connectivity index (χ3v) is 4.71. The Bertz CT molecular complexity index is 283. The van der Waals surface area contributed by atoms with E-state index in [1.165, 1.54) is 7.11 Å². The number of hydrogen-bond donors (Lipinski definition) is 1. The second-order valence-electron chi connectivity index (χ2n) is 5.74. The average Bonchev–Trinajstić information content (AvgIpc) is 2.13. The van der Waals surface area contributed by atoms with Gasteiger partial charge in [-0.25, -0.2) is 0 Å². The van der Waals surface area contributed by atoms with E-state index in [1.807, 2.05) is 0 Å². The van der Waals surface area contributed by atoms with Crippen LogP contribution in [0.3, 0.4) is 0 Å². The van der Waals surface area contributed by atoms with Crippen LogP contribution in [-0.2, 0) is 9.53 Å². The molecule has 4 fully saturated rings. The van der Waals surface area contributed by atoms with Crippen molar-refractivity contribution in [3.63, 3.8) is 0 Å². The Balaban J connectivity index is 1.88. The van der Waals surface area contributed by atoms with E-state index in [0.29, 0.717) is 17.8 Å². The molecule has 5 atom stereocenters. The molecule has 4 bridgehead atoms. The molecule has 0 radical (unpaired) electrons. The highest BCUT2D eigenvalue weighted by Crippen LogP contribution is 2.58. The number of carbonyl (C=O) groups excluding carboxylic acids is 1. The van der Waals surface area contributed by atoms with E-state index in [1.54, 1.807) is 0 Å². The van der Waals surface area contributed by atoms with E-state index < -0.39 is 5.60 Å².